The van der Waals surface area contributed by atoms with Gasteiger partial charge in [0.15, 0.2) is 6.10 Å². The molecule has 0 aromatic heterocycles. The van der Waals surface area contributed by atoms with Crippen LogP contribution in [0, 0.1) is 10.7 Å². The number of imide groups is 1. The van der Waals surface area contributed by atoms with Crippen LogP contribution in [0.5, 0.6) is 0 Å². The third-order valence-corrected chi connectivity index (χ3v) is 7.21. The second-order valence-electron chi connectivity index (χ2n) is 5.95. The van der Waals surface area contributed by atoms with E-state index in [4.69, 9.17) is 15.9 Å². The van der Waals surface area contributed by atoms with Gasteiger partial charge in [-0.1, -0.05) is 0 Å². The van der Waals surface area contributed by atoms with Gasteiger partial charge in [-0.3, -0.25) is 19.7 Å². The van der Waals surface area contributed by atoms with E-state index in [-0.39, 0.29) is 33.4 Å². The van der Waals surface area contributed by atoms with E-state index < -0.39 is 49.2 Å². The van der Waals surface area contributed by atoms with Gasteiger partial charge in [-0.05, 0) is 67.8 Å². The normalized spacial score (nSPS) is 14.0. The van der Waals surface area contributed by atoms with Gasteiger partial charge in [-0.25, -0.2) is 0 Å². The van der Waals surface area contributed by atoms with Crippen LogP contribution in [-0.2, 0) is 14.4 Å². The number of hydrogen-bond donors (Lipinski definition) is 8. The van der Waals surface area contributed by atoms with Gasteiger partial charge in [0.1, 0.15) is 12.2 Å². The first-order chi connectivity index (χ1) is 14.0. The van der Waals surface area contributed by atoms with Crippen molar-refractivity contribution >= 4 is 96.9 Å². The van der Waals surface area contributed by atoms with Crippen molar-refractivity contribution in [2.45, 2.75) is 31.2 Å². The Morgan fingerprint density at radius 2 is 1.33 bits per heavy atom. The molecule has 0 aliphatic heterocycles. The molecule has 0 radical (unpaired) electrons. The first kappa shape index (κ1) is 27.7. The maximum Gasteiger partial charge on any atom is 0.260 e. The van der Waals surface area contributed by atoms with Crippen molar-refractivity contribution in [2.75, 3.05) is 24.3 Å². The fourth-order valence-corrected chi connectivity index (χ4v) is 6.20. The Labute approximate surface area is 212 Å². The average Bonchev–Trinajstić information content (AvgIpc) is 2.69. The van der Waals surface area contributed by atoms with Crippen molar-refractivity contribution in [3.63, 3.8) is 0 Å². The molecule has 3 unspecified atom stereocenters. The van der Waals surface area contributed by atoms with E-state index in [9.17, 15) is 29.7 Å². The van der Waals surface area contributed by atoms with E-state index in [1.807, 2.05) is 27.9 Å². The summed E-state index contributed by atoms with van der Waals surface area (Å²) in [4.78, 5) is 36.3. The van der Waals surface area contributed by atoms with E-state index in [2.05, 4.69) is 5.32 Å². The van der Waals surface area contributed by atoms with Crippen molar-refractivity contribution in [2.24, 2.45) is 0 Å². The average molecular weight is 763 g/mol. The van der Waals surface area contributed by atoms with E-state index in [0.717, 1.165) is 0 Å². The van der Waals surface area contributed by atoms with Crippen LogP contribution in [0.15, 0.2) is 0 Å². The Morgan fingerprint density at radius 1 is 0.833 bits per heavy atom. The Hall–Kier alpha value is -0.380. The highest BCUT2D eigenvalue weighted by Gasteiger charge is 2.31. The van der Waals surface area contributed by atoms with Crippen molar-refractivity contribution in [3.8, 4) is 0 Å². The van der Waals surface area contributed by atoms with Crippen LogP contribution >= 0.6 is 67.8 Å². The number of nitrogen functional groups attached to an aromatic ring is 1. The molecule has 9 N–H and O–H groups in total. The summed E-state index contributed by atoms with van der Waals surface area (Å²) in [5, 5.41) is 51.7. The Bertz CT molecular complexity index is 824. The molecule has 1 aromatic rings. The third kappa shape index (κ3) is 6.81. The van der Waals surface area contributed by atoms with Gasteiger partial charge < -0.3 is 36.6 Å². The number of carbonyl (C=O) groups excluding carboxylic acids is 3. The monoisotopic (exact) mass is 763 g/mol. The van der Waals surface area contributed by atoms with Crippen LogP contribution in [0.4, 0.5) is 11.4 Å². The molecule has 1 rings (SSSR count). The predicted molar refractivity (Wildman–Crippen MR) is 131 cm³/mol. The molecule has 0 bridgehead atoms. The predicted octanol–water partition coefficient (Wildman–Crippen LogP) is -0.816. The molecule has 3 atom stereocenters. The molecule has 0 spiro atoms. The Balaban J connectivity index is 3.26. The van der Waals surface area contributed by atoms with Crippen LogP contribution in [-0.4, -0.2) is 68.7 Å². The minimum atomic E-state index is -1.87. The first-order valence-corrected chi connectivity index (χ1v) is 11.6. The lowest BCUT2D eigenvalue weighted by Gasteiger charge is -2.22. The maximum atomic E-state index is 12.3. The summed E-state index contributed by atoms with van der Waals surface area (Å²) < 4.78 is 0.948. The smallest absolute Gasteiger partial charge is 0.260 e. The standard InChI is InChI=1S/C16H20I3N3O8/c17-8-7(13(27)16(30)22-15(29)6(26)2-4-24)9(18)12(10(19)11(8)20)21-14(28)5(25)1-3-23/h5-6,13,23-27H,1-4,20H2,(H,21,28)(H,22,29,30). The molecule has 0 aliphatic rings. The fourth-order valence-electron chi connectivity index (χ4n) is 2.17. The van der Waals surface area contributed by atoms with Crippen molar-refractivity contribution in [3.05, 3.63) is 16.3 Å². The molecule has 168 valence electrons. The summed E-state index contributed by atoms with van der Waals surface area (Å²) in [6.07, 6.45) is -5.45. The van der Waals surface area contributed by atoms with Crippen LogP contribution in [0.1, 0.15) is 24.5 Å². The number of anilines is 2. The first-order valence-electron chi connectivity index (χ1n) is 8.35. The van der Waals surface area contributed by atoms with Gasteiger partial charge in [0.25, 0.3) is 17.7 Å². The number of rotatable bonds is 9. The van der Waals surface area contributed by atoms with Crippen LogP contribution < -0.4 is 16.4 Å². The van der Waals surface area contributed by atoms with Crippen LogP contribution in [0.2, 0.25) is 0 Å². The van der Waals surface area contributed by atoms with Crippen molar-refractivity contribution in [1.82, 2.24) is 5.32 Å². The lowest BCUT2D eigenvalue weighted by atomic mass is 10.1. The lowest BCUT2D eigenvalue weighted by molar-refractivity contribution is -0.140. The molecular formula is C16H20I3N3O8. The number of benzene rings is 1. The quantitative estimate of drug-likeness (QED) is 0.117. The summed E-state index contributed by atoms with van der Waals surface area (Å²) in [5.41, 5.74) is 6.35. The molecule has 3 amide bonds. The molecule has 11 nitrogen and oxygen atoms in total. The second-order valence-corrected chi connectivity index (χ2v) is 9.18. The van der Waals surface area contributed by atoms with E-state index >= 15 is 0 Å². The molecule has 30 heavy (non-hydrogen) atoms. The highest BCUT2D eigenvalue weighted by molar-refractivity contribution is 14.1. The zero-order valence-electron chi connectivity index (χ0n) is 15.2. The molecule has 0 saturated carbocycles. The largest absolute Gasteiger partial charge is 0.397 e. The van der Waals surface area contributed by atoms with Crippen molar-refractivity contribution < 1.29 is 39.9 Å². The Morgan fingerprint density at radius 3 is 1.83 bits per heavy atom. The number of aliphatic hydroxyl groups excluding tert-OH is 5. The topological polar surface area (TPSA) is 202 Å². The molecule has 0 aliphatic carbocycles. The molecule has 1 aromatic carbocycles. The van der Waals surface area contributed by atoms with Gasteiger partial charge in [-0.2, -0.15) is 0 Å². The van der Waals surface area contributed by atoms with Gasteiger partial charge in [0.2, 0.25) is 0 Å². The summed E-state index contributed by atoms with van der Waals surface area (Å²) in [7, 11) is 0. The minimum Gasteiger partial charge on any atom is -0.397 e. The van der Waals surface area contributed by atoms with Crippen LogP contribution in [0.25, 0.3) is 0 Å². The molecule has 0 fully saturated rings. The number of aliphatic hydroxyl groups is 5. The van der Waals surface area contributed by atoms with E-state index in [0.29, 0.717) is 7.14 Å². The zero-order chi connectivity index (χ0) is 23.2. The van der Waals surface area contributed by atoms with E-state index in [1.54, 1.807) is 45.2 Å². The van der Waals surface area contributed by atoms with Gasteiger partial charge in [0.05, 0.1) is 14.9 Å². The van der Waals surface area contributed by atoms with Gasteiger partial charge >= 0.3 is 0 Å². The number of amides is 3. The second kappa shape index (κ2) is 12.6. The molecule has 0 saturated heterocycles. The summed E-state index contributed by atoms with van der Waals surface area (Å²) in [5.74, 6) is -3.03. The molecule has 14 heteroatoms. The Kier molecular flexibility index (Phi) is 11.6. The lowest BCUT2D eigenvalue weighted by Crippen LogP contribution is -2.41. The molecule has 0 heterocycles. The van der Waals surface area contributed by atoms with Crippen LogP contribution in [0.3, 0.4) is 0 Å². The summed E-state index contributed by atoms with van der Waals surface area (Å²) in [6.45, 7) is -0.877. The number of nitrogens with two attached hydrogens (primary N) is 1. The van der Waals surface area contributed by atoms with E-state index in [1.165, 1.54) is 0 Å². The third-order valence-electron chi connectivity index (χ3n) is 3.81. The highest BCUT2D eigenvalue weighted by atomic mass is 127. The number of hydrogen-bond acceptors (Lipinski definition) is 9. The number of nitrogens with one attached hydrogen (secondary N) is 2. The summed E-state index contributed by atoms with van der Waals surface area (Å²) in [6, 6.07) is 0. The van der Waals surface area contributed by atoms with Crippen molar-refractivity contribution in [1.29, 1.82) is 0 Å². The highest BCUT2D eigenvalue weighted by Crippen LogP contribution is 2.40. The number of carbonyl (C=O) groups is 3. The maximum absolute atomic E-state index is 12.3. The zero-order valence-corrected chi connectivity index (χ0v) is 21.7. The molecular weight excluding hydrogens is 743 g/mol. The summed E-state index contributed by atoms with van der Waals surface area (Å²) >= 11 is 5.44. The number of halogens is 3. The van der Waals surface area contributed by atoms with Gasteiger partial charge in [-0.15, -0.1) is 0 Å². The fraction of sp³-hybridized carbons (Fsp3) is 0.438. The minimum absolute atomic E-state index is 0.0167. The van der Waals surface area contributed by atoms with Gasteiger partial charge in [0, 0.05) is 38.8 Å². The SMILES string of the molecule is Nc1c(I)c(NC(=O)C(O)CCO)c(I)c(C(O)C(=O)NC(=O)C(O)CCO)c1I.